The Hall–Kier alpha value is -1.31. The Morgan fingerprint density at radius 3 is 2.88 bits per heavy atom. The molecule has 0 unspecified atom stereocenters. The number of pyridine rings is 1. The molecule has 0 atom stereocenters. The molecule has 86 valence electrons. The van der Waals surface area contributed by atoms with E-state index in [9.17, 15) is 0 Å². The maximum atomic E-state index is 8.90. The van der Waals surface area contributed by atoms with Crippen molar-refractivity contribution in [3.05, 3.63) is 22.8 Å². The first kappa shape index (κ1) is 12.8. The van der Waals surface area contributed by atoms with Gasteiger partial charge in [0.1, 0.15) is 16.9 Å². The summed E-state index contributed by atoms with van der Waals surface area (Å²) in [7, 11) is 0. The summed E-state index contributed by atoms with van der Waals surface area (Å²) in [5, 5.41) is 21.1. The van der Waals surface area contributed by atoms with Crippen LogP contribution in [0.3, 0.4) is 0 Å². The molecular formula is C11H14ClN3O. The molecule has 0 aliphatic carbocycles. The first-order valence-corrected chi connectivity index (χ1v) is 5.31. The third-order valence-corrected chi connectivity index (χ3v) is 2.59. The molecule has 0 radical (unpaired) electrons. The van der Waals surface area contributed by atoms with Crippen molar-refractivity contribution in [2.24, 2.45) is 0 Å². The van der Waals surface area contributed by atoms with Crippen molar-refractivity contribution >= 4 is 17.4 Å². The minimum absolute atomic E-state index is 0.0789. The van der Waals surface area contributed by atoms with E-state index >= 15 is 0 Å². The Labute approximate surface area is 99.9 Å². The van der Waals surface area contributed by atoms with E-state index in [2.05, 4.69) is 10.3 Å². The molecule has 1 aromatic rings. The van der Waals surface area contributed by atoms with Gasteiger partial charge in [0.15, 0.2) is 0 Å². The third-order valence-electron chi connectivity index (χ3n) is 2.20. The predicted octanol–water partition coefficient (Wildman–Crippen LogP) is 2.18. The number of rotatable bonds is 4. The van der Waals surface area contributed by atoms with Crippen LogP contribution in [0.4, 0.5) is 5.82 Å². The van der Waals surface area contributed by atoms with Crippen LogP contribution >= 0.6 is 11.6 Å². The van der Waals surface area contributed by atoms with Gasteiger partial charge in [-0.05, 0) is 26.3 Å². The van der Waals surface area contributed by atoms with Crippen LogP contribution in [-0.2, 0) is 0 Å². The van der Waals surface area contributed by atoms with Crippen molar-refractivity contribution < 1.29 is 5.11 Å². The first-order chi connectivity index (χ1) is 7.50. The summed E-state index contributed by atoms with van der Waals surface area (Å²) in [4.78, 5) is 4.08. The van der Waals surface area contributed by atoms with Crippen molar-refractivity contribution in [3.8, 4) is 6.07 Å². The van der Waals surface area contributed by atoms with E-state index in [1.54, 1.807) is 6.07 Å². The number of halogens is 1. The van der Waals surface area contributed by atoms with Gasteiger partial charge >= 0.3 is 0 Å². The number of nitrogens with zero attached hydrogens (tertiary/aromatic N) is 2. The molecule has 0 aromatic carbocycles. The molecule has 0 aliphatic heterocycles. The van der Waals surface area contributed by atoms with Crippen LogP contribution in [0, 0.1) is 11.3 Å². The molecule has 5 heteroatoms. The lowest BCUT2D eigenvalue weighted by molar-refractivity contribution is 0.260. The zero-order valence-corrected chi connectivity index (χ0v) is 10.0. The lowest BCUT2D eigenvalue weighted by Crippen LogP contribution is -2.32. The quantitative estimate of drug-likeness (QED) is 0.845. The van der Waals surface area contributed by atoms with Crippen molar-refractivity contribution in [2.45, 2.75) is 25.8 Å². The second-order valence-corrected chi connectivity index (χ2v) is 4.49. The van der Waals surface area contributed by atoms with Gasteiger partial charge in [-0.15, -0.1) is 0 Å². The summed E-state index contributed by atoms with van der Waals surface area (Å²) >= 11 is 6.01. The molecular weight excluding hydrogens is 226 g/mol. The molecule has 16 heavy (non-hydrogen) atoms. The zero-order chi connectivity index (χ0) is 12.2. The second-order valence-electron chi connectivity index (χ2n) is 4.12. The van der Waals surface area contributed by atoms with Crippen molar-refractivity contribution in [1.82, 2.24) is 4.98 Å². The lowest BCUT2D eigenvalue weighted by Gasteiger charge is -2.26. The Kier molecular flexibility index (Phi) is 4.11. The molecule has 0 amide bonds. The van der Waals surface area contributed by atoms with E-state index in [4.69, 9.17) is 22.0 Å². The minimum Gasteiger partial charge on any atom is -0.396 e. The molecule has 1 heterocycles. The highest BCUT2D eigenvalue weighted by Crippen LogP contribution is 2.26. The molecule has 1 rings (SSSR count). The molecule has 0 fully saturated rings. The Bertz CT molecular complexity index is 412. The number of nitrogens with one attached hydrogen (secondary N) is 1. The number of hydrogen-bond donors (Lipinski definition) is 2. The van der Waals surface area contributed by atoms with Gasteiger partial charge in [-0.1, -0.05) is 11.6 Å². The topological polar surface area (TPSA) is 68.9 Å². The van der Waals surface area contributed by atoms with E-state index in [1.165, 1.54) is 6.20 Å². The summed E-state index contributed by atoms with van der Waals surface area (Å²) < 4.78 is 0. The highest BCUT2D eigenvalue weighted by molar-refractivity contribution is 6.34. The normalized spacial score (nSPS) is 10.9. The fourth-order valence-corrected chi connectivity index (χ4v) is 1.48. The van der Waals surface area contributed by atoms with Gasteiger partial charge in [0.2, 0.25) is 0 Å². The largest absolute Gasteiger partial charge is 0.396 e. The summed E-state index contributed by atoms with van der Waals surface area (Å²) in [6, 6.07) is 3.55. The molecule has 0 aliphatic rings. The molecule has 0 saturated carbocycles. The van der Waals surface area contributed by atoms with Gasteiger partial charge < -0.3 is 10.4 Å². The lowest BCUT2D eigenvalue weighted by atomic mass is 10.0. The first-order valence-electron chi connectivity index (χ1n) is 4.94. The fraction of sp³-hybridized carbons (Fsp3) is 0.455. The predicted molar refractivity (Wildman–Crippen MR) is 63.4 cm³/mol. The van der Waals surface area contributed by atoms with Crippen LogP contribution in [0.5, 0.6) is 0 Å². The summed E-state index contributed by atoms with van der Waals surface area (Å²) in [5.41, 5.74) is 0.0680. The average Bonchev–Trinajstić information content (AvgIpc) is 2.21. The van der Waals surface area contributed by atoms with E-state index in [1.807, 2.05) is 19.9 Å². The SMILES string of the molecule is CC(C)(CCO)Nc1nccc(C#N)c1Cl. The summed E-state index contributed by atoms with van der Waals surface area (Å²) in [6.45, 7) is 3.94. The fourth-order valence-electron chi connectivity index (χ4n) is 1.28. The van der Waals surface area contributed by atoms with Crippen LogP contribution in [0.15, 0.2) is 12.3 Å². The van der Waals surface area contributed by atoms with Crippen LogP contribution in [0.2, 0.25) is 5.02 Å². The minimum atomic E-state index is -0.320. The molecule has 0 saturated heterocycles. The second kappa shape index (κ2) is 5.15. The number of anilines is 1. The number of aliphatic hydroxyl groups is 1. The van der Waals surface area contributed by atoms with Crippen LogP contribution in [0.1, 0.15) is 25.8 Å². The number of hydrogen-bond acceptors (Lipinski definition) is 4. The zero-order valence-electron chi connectivity index (χ0n) is 9.29. The van der Waals surface area contributed by atoms with Gasteiger partial charge in [-0.2, -0.15) is 5.26 Å². The Morgan fingerprint density at radius 2 is 2.31 bits per heavy atom. The highest BCUT2D eigenvalue weighted by atomic mass is 35.5. The van der Waals surface area contributed by atoms with E-state index < -0.39 is 0 Å². The number of aromatic nitrogens is 1. The molecule has 0 bridgehead atoms. The number of nitriles is 1. The number of aliphatic hydroxyl groups excluding tert-OH is 1. The monoisotopic (exact) mass is 239 g/mol. The van der Waals surface area contributed by atoms with Gasteiger partial charge in [0, 0.05) is 18.3 Å². The smallest absolute Gasteiger partial charge is 0.146 e. The van der Waals surface area contributed by atoms with Crippen LogP contribution < -0.4 is 5.32 Å². The van der Waals surface area contributed by atoms with Crippen molar-refractivity contribution in [3.63, 3.8) is 0 Å². The van der Waals surface area contributed by atoms with Gasteiger partial charge in [0.05, 0.1) is 5.56 Å². The average molecular weight is 240 g/mol. The molecule has 2 N–H and O–H groups in total. The third kappa shape index (κ3) is 3.09. The standard InChI is InChI=1S/C11H14ClN3O/c1-11(2,4-6-16)15-10-9(12)8(7-13)3-5-14-10/h3,5,16H,4,6H2,1-2H3,(H,14,15). The van der Waals surface area contributed by atoms with Crippen molar-refractivity contribution in [1.29, 1.82) is 5.26 Å². The highest BCUT2D eigenvalue weighted by Gasteiger charge is 2.19. The molecule has 0 spiro atoms. The van der Waals surface area contributed by atoms with Gasteiger partial charge in [-0.25, -0.2) is 4.98 Å². The van der Waals surface area contributed by atoms with Crippen LogP contribution in [-0.4, -0.2) is 22.2 Å². The summed E-state index contributed by atoms with van der Waals surface area (Å²) in [5.74, 6) is 0.471. The molecule has 4 nitrogen and oxygen atoms in total. The van der Waals surface area contributed by atoms with E-state index in [0.29, 0.717) is 22.8 Å². The van der Waals surface area contributed by atoms with Gasteiger partial charge in [-0.3, -0.25) is 0 Å². The Balaban J connectivity index is 2.94. The Morgan fingerprint density at radius 1 is 1.62 bits per heavy atom. The van der Waals surface area contributed by atoms with Gasteiger partial charge in [0.25, 0.3) is 0 Å². The molecule has 1 aromatic heterocycles. The summed E-state index contributed by atoms with van der Waals surface area (Å²) in [6.07, 6.45) is 2.10. The van der Waals surface area contributed by atoms with Crippen molar-refractivity contribution in [2.75, 3.05) is 11.9 Å². The van der Waals surface area contributed by atoms with E-state index in [-0.39, 0.29) is 12.1 Å². The van der Waals surface area contributed by atoms with Crippen LogP contribution in [0.25, 0.3) is 0 Å². The maximum absolute atomic E-state index is 8.90. The maximum Gasteiger partial charge on any atom is 0.146 e. The van der Waals surface area contributed by atoms with E-state index in [0.717, 1.165) is 0 Å².